The fraction of sp³-hybridized carbons (Fsp3) is 0.200. The predicted octanol–water partition coefficient (Wildman–Crippen LogP) is 3.94. The summed E-state index contributed by atoms with van der Waals surface area (Å²) >= 11 is 1.34. The highest BCUT2D eigenvalue weighted by Gasteiger charge is 2.20. The zero-order valence-corrected chi connectivity index (χ0v) is 15.0. The summed E-state index contributed by atoms with van der Waals surface area (Å²) in [5.74, 6) is -1.16. The number of carbonyl (C=O) groups is 2. The van der Waals surface area contributed by atoms with Crippen LogP contribution in [-0.2, 0) is 16.0 Å². The van der Waals surface area contributed by atoms with Crippen molar-refractivity contribution >= 4 is 33.3 Å². The van der Waals surface area contributed by atoms with E-state index < -0.39 is 12.1 Å². The monoisotopic (exact) mass is 371 g/mol. The van der Waals surface area contributed by atoms with Crippen molar-refractivity contribution in [3.05, 3.63) is 70.9 Å². The van der Waals surface area contributed by atoms with Gasteiger partial charge in [-0.1, -0.05) is 30.3 Å². The van der Waals surface area contributed by atoms with Crippen molar-refractivity contribution in [3.8, 4) is 0 Å². The highest BCUT2D eigenvalue weighted by molar-refractivity contribution is 7.20. The van der Waals surface area contributed by atoms with Gasteiger partial charge in [0.15, 0.2) is 6.10 Å². The Balaban J connectivity index is 1.50. The van der Waals surface area contributed by atoms with E-state index >= 15 is 0 Å². The van der Waals surface area contributed by atoms with Gasteiger partial charge >= 0.3 is 5.97 Å². The summed E-state index contributed by atoms with van der Waals surface area (Å²) in [7, 11) is 0. The number of ether oxygens (including phenoxy) is 1. The van der Waals surface area contributed by atoms with E-state index in [0.29, 0.717) is 17.8 Å². The molecule has 0 saturated carbocycles. The lowest BCUT2D eigenvalue weighted by molar-refractivity contribution is -0.129. The Kier molecular flexibility index (Phi) is 5.63. The zero-order valence-electron chi connectivity index (χ0n) is 14.2. The molecular weight excluding hydrogens is 353 g/mol. The summed E-state index contributed by atoms with van der Waals surface area (Å²) < 4.78 is 19.1. The van der Waals surface area contributed by atoms with Crippen LogP contribution < -0.4 is 5.32 Å². The molecule has 1 N–H and O–H groups in total. The highest BCUT2D eigenvalue weighted by atomic mass is 32.1. The minimum atomic E-state index is -0.888. The zero-order chi connectivity index (χ0) is 18.5. The number of fused-ring (bicyclic) bond motifs is 1. The summed E-state index contributed by atoms with van der Waals surface area (Å²) in [5.41, 5.74) is 0.918. The summed E-state index contributed by atoms with van der Waals surface area (Å²) in [4.78, 5) is 24.8. The topological polar surface area (TPSA) is 55.4 Å². The second kappa shape index (κ2) is 8.10. The number of rotatable bonds is 6. The fourth-order valence-corrected chi connectivity index (χ4v) is 3.43. The first-order valence-corrected chi connectivity index (χ1v) is 9.06. The van der Waals surface area contributed by atoms with Gasteiger partial charge in [0.2, 0.25) is 0 Å². The van der Waals surface area contributed by atoms with E-state index in [4.69, 9.17) is 4.74 Å². The van der Waals surface area contributed by atoms with Crippen LogP contribution in [0, 0.1) is 5.82 Å². The smallest absolute Gasteiger partial charge is 0.349 e. The molecule has 0 fully saturated rings. The molecule has 3 aromatic rings. The van der Waals surface area contributed by atoms with Crippen LogP contribution in [-0.4, -0.2) is 24.5 Å². The summed E-state index contributed by atoms with van der Waals surface area (Å²) in [6, 6.07) is 15.5. The number of hydrogen-bond donors (Lipinski definition) is 1. The first-order valence-electron chi connectivity index (χ1n) is 8.24. The van der Waals surface area contributed by atoms with Crippen LogP contribution in [0.15, 0.2) is 54.6 Å². The Morgan fingerprint density at radius 3 is 2.62 bits per heavy atom. The van der Waals surface area contributed by atoms with Crippen molar-refractivity contribution in [3.63, 3.8) is 0 Å². The fourth-order valence-electron chi connectivity index (χ4n) is 2.48. The van der Waals surface area contributed by atoms with E-state index in [1.807, 2.05) is 24.3 Å². The van der Waals surface area contributed by atoms with Gasteiger partial charge in [-0.3, -0.25) is 4.79 Å². The molecule has 0 saturated heterocycles. The quantitative estimate of drug-likeness (QED) is 0.668. The molecule has 1 atom stereocenters. The minimum absolute atomic E-state index is 0.292. The molecule has 134 valence electrons. The van der Waals surface area contributed by atoms with Crippen LogP contribution in [0.1, 0.15) is 22.2 Å². The van der Waals surface area contributed by atoms with E-state index in [0.717, 1.165) is 15.6 Å². The third kappa shape index (κ3) is 4.46. The SMILES string of the molecule is C[C@@H](OC(=O)c1cc2ccccc2s1)C(=O)NCCc1ccc(F)cc1. The van der Waals surface area contributed by atoms with E-state index in [-0.39, 0.29) is 11.7 Å². The lowest BCUT2D eigenvalue weighted by Gasteiger charge is -2.13. The molecular formula is C20H18FNO3S. The minimum Gasteiger partial charge on any atom is -0.448 e. The average Bonchev–Trinajstić information content (AvgIpc) is 3.07. The molecule has 1 heterocycles. The number of halogens is 1. The van der Waals surface area contributed by atoms with Gasteiger partial charge in [0.1, 0.15) is 10.7 Å². The normalized spacial score (nSPS) is 11.9. The molecule has 0 aliphatic rings. The first kappa shape index (κ1) is 18.1. The first-order chi connectivity index (χ1) is 12.5. The molecule has 0 unspecified atom stereocenters. The van der Waals surface area contributed by atoms with Crippen LogP contribution >= 0.6 is 11.3 Å². The number of carbonyl (C=O) groups excluding carboxylic acids is 2. The van der Waals surface area contributed by atoms with Crippen molar-refractivity contribution in [2.24, 2.45) is 0 Å². The molecule has 0 aliphatic carbocycles. The molecule has 0 bridgehead atoms. The molecule has 3 rings (SSSR count). The van der Waals surface area contributed by atoms with Crippen LogP contribution in [0.5, 0.6) is 0 Å². The standard InChI is InChI=1S/C20H18FNO3S/c1-13(19(23)22-11-10-14-6-8-16(21)9-7-14)25-20(24)18-12-15-4-2-3-5-17(15)26-18/h2-9,12-13H,10-11H2,1H3,(H,22,23)/t13-/m1/s1. The Morgan fingerprint density at radius 2 is 1.88 bits per heavy atom. The molecule has 2 aromatic carbocycles. The van der Waals surface area contributed by atoms with Gasteiger partial charge in [-0.05, 0) is 48.6 Å². The molecule has 0 spiro atoms. The second-order valence-corrected chi connectivity index (χ2v) is 6.95. The maximum absolute atomic E-state index is 12.9. The van der Waals surface area contributed by atoms with E-state index in [2.05, 4.69) is 5.32 Å². The Bertz CT molecular complexity index is 887. The van der Waals surface area contributed by atoms with Crippen molar-refractivity contribution in [1.82, 2.24) is 5.32 Å². The van der Waals surface area contributed by atoms with Gasteiger partial charge in [0, 0.05) is 11.2 Å². The number of amides is 1. The number of esters is 1. The maximum Gasteiger partial charge on any atom is 0.349 e. The molecule has 6 heteroatoms. The summed E-state index contributed by atoms with van der Waals surface area (Å²) in [6.45, 7) is 1.92. The molecule has 26 heavy (non-hydrogen) atoms. The largest absolute Gasteiger partial charge is 0.448 e. The van der Waals surface area contributed by atoms with Crippen molar-refractivity contribution in [2.75, 3.05) is 6.54 Å². The lowest BCUT2D eigenvalue weighted by Crippen LogP contribution is -2.36. The Morgan fingerprint density at radius 1 is 1.15 bits per heavy atom. The third-order valence-electron chi connectivity index (χ3n) is 3.91. The number of thiophene rings is 1. The van der Waals surface area contributed by atoms with Gasteiger partial charge < -0.3 is 10.1 Å². The number of hydrogen-bond acceptors (Lipinski definition) is 4. The second-order valence-electron chi connectivity index (χ2n) is 5.86. The Hall–Kier alpha value is -2.73. The molecule has 1 aromatic heterocycles. The summed E-state index contributed by atoms with van der Waals surface area (Å²) in [6.07, 6.45) is -0.316. The maximum atomic E-state index is 12.9. The molecule has 0 aliphatic heterocycles. The van der Waals surface area contributed by atoms with E-state index in [1.54, 1.807) is 25.1 Å². The van der Waals surface area contributed by atoms with E-state index in [1.165, 1.54) is 23.5 Å². The van der Waals surface area contributed by atoms with Crippen molar-refractivity contribution in [1.29, 1.82) is 0 Å². The van der Waals surface area contributed by atoms with Gasteiger partial charge in [0.25, 0.3) is 5.91 Å². The van der Waals surface area contributed by atoms with Crippen LogP contribution in [0.4, 0.5) is 4.39 Å². The Labute approximate surface area is 154 Å². The molecule has 0 radical (unpaired) electrons. The predicted molar refractivity (Wildman–Crippen MR) is 99.8 cm³/mol. The van der Waals surface area contributed by atoms with Crippen LogP contribution in [0.2, 0.25) is 0 Å². The molecule has 1 amide bonds. The highest BCUT2D eigenvalue weighted by Crippen LogP contribution is 2.26. The van der Waals surface area contributed by atoms with Crippen molar-refractivity contribution < 1.29 is 18.7 Å². The number of nitrogens with one attached hydrogen (secondary N) is 1. The lowest BCUT2D eigenvalue weighted by atomic mass is 10.1. The van der Waals surface area contributed by atoms with Gasteiger partial charge in [-0.2, -0.15) is 0 Å². The third-order valence-corrected chi connectivity index (χ3v) is 5.00. The summed E-state index contributed by atoms with van der Waals surface area (Å²) in [5, 5.41) is 3.70. The van der Waals surface area contributed by atoms with Gasteiger partial charge in [-0.25, -0.2) is 9.18 Å². The van der Waals surface area contributed by atoms with Crippen molar-refractivity contribution in [2.45, 2.75) is 19.4 Å². The molecule has 4 nitrogen and oxygen atoms in total. The number of benzene rings is 2. The van der Waals surface area contributed by atoms with Crippen LogP contribution in [0.25, 0.3) is 10.1 Å². The van der Waals surface area contributed by atoms with E-state index in [9.17, 15) is 14.0 Å². The van der Waals surface area contributed by atoms with Gasteiger partial charge in [0.05, 0.1) is 0 Å². The average molecular weight is 371 g/mol. The van der Waals surface area contributed by atoms with Gasteiger partial charge in [-0.15, -0.1) is 11.3 Å². The van der Waals surface area contributed by atoms with Crippen LogP contribution in [0.3, 0.4) is 0 Å².